The molecule has 0 spiro atoms. The number of carboxylic acid groups (broad SMARTS) is 1. The zero-order chi connectivity index (χ0) is 16.8. The maximum Gasteiger partial charge on any atom is 0.313 e. The lowest BCUT2D eigenvalue weighted by atomic mass is 10.0. The van der Waals surface area contributed by atoms with E-state index >= 15 is 0 Å². The predicted molar refractivity (Wildman–Crippen MR) is 102 cm³/mol. The lowest BCUT2D eigenvalue weighted by molar-refractivity contribution is -0.133. The van der Waals surface area contributed by atoms with E-state index < -0.39 is 5.97 Å². The molecule has 0 heterocycles. The molecule has 120 valence electrons. The van der Waals surface area contributed by atoms with Crippen molar-refractivity contribution in [1.82, 2.24) is 0 Å². The fourth-order valence-corrected chi connectivity index (χ4v) is 3.49. The first-order valence-electron chi connectivity index (χ1n) is 6.83. The van der Waals surface area contributed by atoms with Gasteiger partial charge in [-0.1, -0.05) is 35.9 Å². The normalized spacial score (nSPS) is 11.9. The van der Waals surface area contributed by atoms with Crippen LogP contribution in [0.15, 0.2) is 48.5 Å². The van der Waals surface area contributed by atoms with Gasteiger partial charge in [-0.2, -0.15) is 0 Å². The molecular weight excluding hydrogens is 447 g/mol. The van der Waals surface area contributed by atoms with Crippen LogP contribution < -0.4 is 0 Å². The molecule has 0 amide bonds. The van der Waals surface area contributed by atoms with Gasteiger partial charge in [0.2, 0.25) is 0 Å². The van der Waals surface area contributed by atoms with Crippen molar-refractivity contribution in [2.24, 2.45) is 0 Å². The molecule has 0 bridgehead atoms. The summed E-state index contributed by atoms with van der Waals surface area (Å²) in [6, 6.07) is 14.5. The minimum Gasteiger partial charge on any atom is -0.481 e. The van der Waals surface area contributed by atoms with E-state index in [1.165, 1.54) is 11.8 Å². The van der Waals surface area contributed by atoms with Gasteiger partial charge in [-0.05, 0) is 52.4 Å². The van der Waals surface area contributed by atoms with Gasteiger partial charge in [-0.3, -0.25) is 9.59 Å². The van der Waals surface area contributed by atoms with Crippen LogP contribution in [0.5, 0.6) is 0 Å². The SMILES string of the molecule is O=C(O)CSC(CC(=O)c1ccc(I)cc1)c1ccc(Cl)cc1. The maximum atomic E-state index is 12.5. The number of thioether (sulfide) groups is 1. The van der Waals surface area contributed by atoms with Crippen molar-refractivity contribution in [1.29, 1.82) is 0 Å². The minimum absolute atomic E-state index is 0.000705. The Morgan fingerprint density at radius 1 is 1.09 bits per heavy atom. The van der Waals surface area contributed by atoms with Crippen LogP contribution in [0.3, 0.4) is 0 Å². The second-order valence-corrected chi connectivity index (χ2v) is 7.75. The third-order valence-corrected chi connectivity index (χ3v) is 5.41. The molecule has 1 atom stereocenters. The number of halogens is 2. The summed E-state index contributed by atoms with van der Waals surface area (Å²) < 4.78 is 1.06. The van der Waals surface area contributed by atoms with E-state index in [-0.39, 0.29) is 23.2 Å². The third-order valence-electron chi connectivity index (χ3n) is 3.19. The monoisotopic (exact) mass is 460 g/mol. The van der Waals surface area contributed by atoms with Gasteiger partial charge in [-0.25, -0.2) is 0 Å². The number of Topliss-reactive ketones (excluding diaryl/α,β-unsaturated/α-hetero) is 1. The van der Waals surface area contributed by atoms with Crippen LogP contribution in [0.4, 0.5) is 0 Å². The Hall–Kier alpha value is -1.05. The Bertz CT molecular complexity index is 686. The molecule has 2 aromatic rings. The van der Waals surface area contributed by atoms with Crippen molar-refractivity contribution < 1.29 is 14.7 Å². The van der Waals surface area contributed by atoms with Crippen LogP contribution in [-0.4, -0.2) is 22.6 Å². The number of carboxylic acids is 1. The first-order valence-corrected chi connectivity index (χ1v) is 9.34. The van der Waals surface area contributed by atoms with E-state index in [1.807, 2.05) is 24.3 Å². The van der Waals surface area contributed by atoms with Crippen molar-refractivity contribution in [2.45, 2.75) is 11.7 Å². The first-order chi connectivity index (χ1) is 11.0. The Morgan fingerprint density at radius 3 is 2.26 bits per heavy atom. The number of hydrogen-bond donors (Lipinski definition) is 1. The fourth-order valence-electron chi connectivity index (χ4n) is 2.04. The van der Waals surface area contributed by atoms with E-state index in [9.17, 15) is 9.59 Å². The molecule has 1 unspecified atom stereocenters. The first kappa shape index (κ1) is 18.3. The molecule has 0 aromatic heterocycles. The summed E-state index contributed by atoms with van der Waals surface area (Å²) in [5, 5.41) is 9.31. The second kappa shape index (κ2) is 8.70. The van der Waals surface area contributed by atoms with Crippen LogP contribution in [0.1, 0.15) is 27.6 Å². The van der Waals surface area contributed by atoms with Crippen LogP contribution in [0, 0.1) is 3.57 Å². The molecule has 2 rings (SSSR count). The van der Waals surface area contributed by atoms with Gasteiger partial charge in [0.1, 0.15) is 0 Å². The van der Waals surface area contributed by atoms with Crippen molar-refractivity contribution in [3.05, 3.63) is 68.3 Å². The van der Waals surface area contributed by atoms with Gasteiger partial charge >= 0.3 is 5.97 Å². The molecule has 0 aliphatic heterocycles. The average molecular weight is 461 g/mol. The number of ketones is 1. The summed E-state index contributed by atoms with van der Waals surface area (Å²) in [4.78, 5) is 23.3. The molecule has 0 saturated carbocycles. The van der Waals surface area contributed by atoms with Gasteiger partial charge in [0, 0.05) is 25.8 Å². The Labute approximate surface area is 157 Å². The van der Waals surface area contributed by atoms with E-state index in [2.05, 4.69) is 22.6 Å². The molecule has 0 fully saturated rings. The Kier molecular flexibility index (Phi) is 6.92. The Morgan fingerprint density at radius 2 is 1.70 bits per heavy atom. The summed E-state index contributed by atoms with van der Waals surface area (Å²) >= 11 is 9.33. The van der Waals surface area contributed by atoms with Crippen LogP contribution in [0.2, 0.25) is 5.02 Å². The van der Waals surface area contributed by atoms with Gasteiger partial charge in [0.25, 0.3) is 0 Å². The van der Waals surface area contributed by atoms with Crippen molar-refractivity contribution >= 4 is 57.7 Å². The van der Waals surface area contributed by atoms with Gasteiger partial charge in [-0.15, -0.1) is 11.8 Å². The molecule has 2 aromatic carbocycles. The van der Waals surface area contributed by atoms with Crippen molar-refractivity contribution in [3.8, 4) is 0 Å². The molecule has 6 heteroatoms. The number of carbonyl (C=O) groups excluding carboxylic acids is 1. The quantitative estimate of drug-likeness (QED) is 0.463. The fraction of sp³-hybridized carbons (Fsp3) is 0.176. The number of carbonyl (C=O) groups is 2. The molecule has 23 heavy (non-hydrogen) atoms. The molecule has 0 saturated heterocycles. The molecule has 0 radical (unpaired) electrons. The number of benzene rings is 2. The standard InChI is InChI=1S/C17H14ClIO3S/c18-13-5-1-12(2-6-13)16(23-10-17(21)22)9-15(20)11-3-7-14(19)8-4-11/h1-8,16H,9-10H2,(H,21,22). The highest BCUT2D eigenvalue weighted by Gasteiger charge is 2.19. The van der Waals surface area contributed by atoms with Crippen molar-refractivity contribution in [3.63, 3.8) is 0 Å². The topological polar surface area (TPSA) is 54.4 Å². The van der Waals surface area contributed by atoms with Crippen LogP contribution >= 0.6 is 46.0 Å². The highest BCUT2D eigenvalue weighted by molar-refractivity contribution is 14.1. The van der Waals surface area contributed by atoms with Gasteiger partial charge in [0.05, 0.1) is 5.75 Å². The number of hydrogen-bond acceptors (Lipinski definition) is 3. The molecular formula is C17H14ClIO3S. The van der Waals surface area contributed by atoms with E-state index in [0.717, 1.165) is 9.13 Å². The smallest absolute Gasteiger partial charge is 0.313 e. The zero-order valence-electron chi connectivity index (χ0n) is 12.0. The molecule has 0 aliphatic carbocycles. The lowest BCUT2D eigenvalue weighted by Crippen LogP contribution is -2.08. The summed E-state index contributed by atoms with van der Waals surface area (Å²) in [5.74, 6) is -0.942. The van der Waals surface area contributed by atoms with Gasteiger partial charge < -0.3 is 5.11 Å². The predicted octanol–water partition coefficient (Wildman–Crippen LogP) is 5.08. The highest BCUT2D eigenvalue weighted by atomic mass is 127. The summed E-state index contributed by atoms with van der Waals surface area (Å²) in [5.41, 5.74) is 1.54. The average Bonchev–Trinajstić information content (AvgIpc) is 2.52. The summed E-state index contributed by atoms with van der Waals surface area (Å²) in [6.07, 6.45) is 0.250. The maximum absolute atomic E-state index is 12.5. The third kappa shape index (κ3) is 5.82. The largest absolute Gasteiger partial charge is 0.481 e. The lowest BCUT2D eigenvalue weighted by Gasteiger charge is -2.16. The van der Waals surface area contributed by atoms with E-state index in [4.69, 9.17) is 16.7 Å². The summed E-state index contributed by atoms with van der Waals surface area (Å²) in [7, 11) is 0. The highest BCUT2D eigenvalue weighted by Crippen LogP contribution is 2.34. The molecule has 0 aliphatic rings. The minimum atomic E-state index is -0.893. The zero-order valence-corrected chi connectivity index (χ0v) is 15.8. The van der Waals surface area contributed by atoms with E-state index in [0.29, 0.717) is 10.6 Å². The van der Waals surface area contributed by atoms with Gasteiger partial charge in [0.15, 0.2) is 5.78 Å². The van der Waals surface area contributed by atoms with Crippen LogP contribution in [-0.2, 0) is 4.79 Å². The summed E-state index contributed by atoms with van der Waals surface area (Å²) in [6.45, 7) is 0. The molecule has 1 N–H and O–H groups in total. The van der Waals surface area contributed by atoms with Crippen molar-refractivity contribution in [2.75, 3.05) is 5.75 Å². The van der Waals surface area contributed by atoms with E-state index in [1.54, 1.807) is 24.3 Å². The second-order valence-electron chi connectivity index (χ2n) is 4.88. The molecule has 3 nitrogen and oxygen atoms in total. The Balaban J connectivity index is 2.16. The number of aliphatic carboxylic acids is 1. The van der Waals surface area contributed by atoms with Crippen LogP contribution in [0.25, 0.3) is 0 Å². The number of rotatable bonds is 7.